The zero-order chi connectivity index (χ0) is 19.6. The second kappa shape index (κ2) is 7.57. The Morgan fingerprint density at radius 2 is 2.12 bits per heavy atom. The Bertz CT molecular complexity index is 854. The number of carbonyl (C=O) groups excluding carboxylic acids is 1. The average molecular weight is 478 g/mol. The third-order valence-electron chi connectivity index (χ3n) is 3.74. The smallest absolute Gasteiger partial charge is 0.416 e. The lowest BCUT2D eigenvalue weighted by Gasteiger charge is -2.28. The number of nitrogens with zero attached hydrogens (tertiary/aromatic N) is 1. The molecule has 2 rings (SSSR count). The van der Waals surface area contributed by atoms with Crippen molar-refractivity contribution in [1.82, 2.24) is 0 Å². The molecule has 0 aliphatic carbocycles. The summed E-state index contributed by atoms with van der Waals surface area (Å²) >= 11 is 1.85. The van der Waals surface area contributed by atoms with Gasteiger partial charge in [-0.15, -0.1) is 0 Å². The van der Waals surface area contributed by atoms with Crippen LogP contribution in [0.4, 0.5) is 13.2 Å². The monoisotopic (exact) mass is 478 g/mol. The normalized spacial score (nSPS) is 17.7. The largest absolute Gasteiger partial charge is 0.463 e. The summed E-state index contributed by atoms with van der Waals surface area (Å²) in [5.74, 6) is -2.06. The van der Waals surface area contributed by atoms with Crippen molar-refractivity contribution in [2.45, 2.75) is 25.9 Å². The number of rotatable bonds is 3. The molecule has 5 nitrogen and oxygen atoms in total. The predicted molar refractivity (Wildman–Crippen MR) is 94.1 cm³/mol. The summed E-state index contributed by atoms with van der Waals surface area (Å²) in [5, 5.41) is 9.46. The Hall–Kier alpha value is -2.22. The molecule has 0 bridgehead atoms. The molecule has 0 spiro atoms. The van der Waals surface area contributed by atoms with Crippen LogP contribution in [0.5, 0.6) is 0 Å². The van der Waals surface area contributed by atoms with Gasteiger partial charge in [0.15, 0.2) is 0 Å². The van der Waals surface area contributed by atoms with Gasteiger partial charge < -0.3 is 15.2 Å². The van der Waals surface area contributed by atoms with Gasteiger partial charge in [-0.25, -0.2) is 4.79 Å². The topological polar surface area (TPSA) is 85.3 Å². The third-order valence-corrected chi connectivity index (χ3v) is 4.72. The van der Waals surface area contributed by atoms with Crippen molar-refractivity contribution >= 4 is 28.6 Å². The van der Waals surface area contributed by atoms with Crippen LogP contribution in [0.2, 0.25) is 0 Å². The maximum atomic E-state index is 13.1. The summed E-state index contributed by atoms with van der Waals surface area (Å²) in [5.41, 5.74) is 4.79. The number of hydrogen-bond donors (Lipinski definition) is 1. The number of ether oxygens (including phenoxy) is 2. The number of allylic oxidation sites excluding steroid dienone is 2. The van der Waals surface area contributed by atoms with Crippen LogP contribution >= 0.6 is 22.6 Å². The molecule has 2 N–H and O–H groups in total. The molecule has 1 aromatic rings. The summed E-state index contributed by atoms with van der Waals surface area (Å²) in [7, 11) is 0. The summed E-state index contributed by atoms with van der Waals surface area (Å²) in [6.07, 6.45) is -4.57. The van der Waals surface area contributed by atoms with Gasteiger partial charge in [0, 0.05) is 3.57 Å². The lowest BCUT2D eigenvalue weighted by atomic mass is 9.82. The number of esters is 1. The molecule has 1 aliphatic heterocycles. The van der Waals surface area contributed by atoms with E-state index in [1.54, 1.807) is 6.92 Å². The Labute approximate surface area is 161 Å². The number of carbonyl (C=O) groups is 1. The Morgan fingerprint density at radius 3 is 2.65 bits per heavy atom. The first-order valence-electron chi connectivity index (χ1n) is 7.43. The fourth-order valence-corrected chi connectivity index (χ4v) is 3.25. The highest BCUT2D eigenvalue weighted by Crippen LogP contribution is 2.43. The second-order valence-electron chi connectivity index (χ2n) is 5.35. The third kappa shape index (κ3) is 3.80. The SMILES string of the molecule is CCOC(=O)C1=C(C)OC(N)=C(C#N)C1c1cc(C(F)(F)F)ccc1I. The summed E-state index contributed by atoms with van der Waals surface area (Å²) < 4.78 is 50.1. The van der Waals surface area contributed by atoms with Crippen molar-refractivity contribution in [2.24, 2.45) is 5.73 Å². The van der Waals surface area contributed by atoms with Crippen LogP contribution in [0, 0.1) is 14.9 Å². The number of hydrogen-bond acceptors (Lipinski definition) is 5. The van der Waals surface area contributed by atoms with Crippen molar-refractivity contribution in [2.75, 3.05) is 6.61 Å². The van der Waals surface area contributed by atoms with Gasteiger partial charge in [-0.05, 0) is 60.2 Å². The van der Waals surface area contributed by atoms with E-state index in [-0.39, 0.29) is 35.0 Å². The molecule has 138 valence electrons. The van der Waals surface area contributed by atoms with Crippen LogP contribution < -0.4 is 5.73 Å². The average Bonchev–Trinajstić information content (AvgIpc) is 2.53. The molecule has 26 heavy (non-hydrogen) atoms. The summed E-state index contributed by atoms with van der Waals surface area (Å²) in [4.78, 5) is 12.4. The zero-order valence-electron chi connectivity index (χ0n) is 13.8. The fourth-order valence-electron chi connectivity index (χ4n) is 2.61. The first-order valence-corrected chi connectivity index (χ1v) is 8.51. The van der Waals surface area contributed by atoms with E-state index >= 15 is 0 Å². The van der Waals surface area contributed by atoms with Crippen molar-refractivity contribution in [3.8, 4) is 6.07 Å². The molecule has 0 radical (unpaired) electrons. The zero-order valence-corrected chi connectivity index (χ0v) is 15.9. The summed E-state index contributed by atoms with van der Waals surface area (Å²) in [6.45, 7) is 3.10. The van der Waals surface area contributed by atoms with Gasteiger partial charge in [-0.1, -0.05) is 0 Å². The molecule has 0 aromatic heterocycles. The van der Waals surface area contributed by atoms with E-state index in [2.05, 4.69) is 0 Å². The molecular formula is C17H14F3IN2O3. The molecule has 0 amide bonds. The molecule has 9 heteroatoms. The van der Waals surface area contributed by atoms with E-state index in [0.717, 1.165) is 12.1 Å². The minimum Gasteiger partial charge on any atom is -0.463 e. The molecule has 1 heterocycles. The van der Waals surface area contributed by atoms with Crippen LogP contribution in [0.3, 0.4) is 0 Å². The molecule has 1 atom stereocenters. The fraction of sp³-hybridized carbons (Fsp3) is 0.294. The van der Waals surface area contributed by atoms with Gasteiger partial charge in [0.25, 0.3) is 0 Å². The van der Waals surface area contributed by atoms with E-state index in [1.165, 1.54) is 13.0 Å². The van der Waals surface area contributed by atoms with Gasteiger partial charge >= 0.3 is 12.1 Å². The lowest BCUT2D eigenvalue weighted by molar-refractivity contribution is -0.139. The molecule has 0 saturated carbocycles. The molecule has 1 aliphatic rings. The van der Waals surface area contributed by atoms with Crippen molar-refractivity contribution in [3.05, 3.63) is 55.7 Å². The van der Waals surface area contributed by atoms with Crippen LogP contribution in [0.25, 0.3) is 0 Å². The molecular weight excluding hydrogens is 464 g/mol. The number of alkyl halides is 3. The number of nitriles is 1. The molecule has 1 aromatic carbocycles. The van der Waals surface area contributed by atoms with Crippen LogP contribution in [-0.4, -0.2) is 12.6 Å². The summed E-state index contributed by atoms with van der Waals surface area (Å²) in [6, 6.07) is 4.96. The van der Waals surface area contributed by atoms with Gasteiger partial charge in [0.05, 0.1) is 23.7 Å². The predicted octanol–water partition coefficient (Wildman–Crippen LogP) is 3.95. The quantitative estimate of drug-likeness (QED) is 0.526. The van der Waals surface area contributed by atoms with Crippen LogP contribution in [-0.2, 0) is 20.4 Å². The van der Waals surface area contributed by atoms with Gasteiger partial charge in [0.1, 0.15) is 17.4 Å². The minimum absolute atomic E-state index is 0.0464. The van der Waals surface area contributed by atoms with Crippen molar-refractivity contribution in [1.29, 1.82) is 5.26 Å². The van der Waals surface area contributed by atoms with E-state index < -0.39 is 23.6 Å². The first kappa shape index (κ1) is 20.1. The van der Waals surface area contributed by atoms with Gasteiger partial charge in [-0.3, -0.25) is 0 Å². The molecule has 1 unspecified atom stereocenters. The maximum Gasteiger partial charge on any atom is 0.416 e. The van der Waals surface area contributed by atoms with E-state index in [0.29, 0.717) is 3.57 Å². The van der Waals surface area contributed by atoms with E-state index in [1.807, 2.05) is 28.7 Å². The number of benzene rings is 1. The van der Waals surface area contributed by atoms with E-state index in [9.17, 15) is 23.2 Å². The number of halogens is 4. The first-order chi connectivity index (χ1) is 12.1. The second-order valence-corrected chi connectivity index (χ2v) is 6.51. The standard InChI is InChI=1S/C17H14F3IN2O3/c1-3-25-16(24)13-8(2)26-15(23)11(7-22)14(13)10-6-9(17(18,19)20)4-5-12(10)21/h4-6,14H,3,23H2,1-2H3. The Kier molecular flexibility index (Phi) is 5.85. The van der Waals surface area contributed by atoms with Crippen LogP contribution in [0.15, 0.2) is 41.0 Å². The Morgan fingerprint density at radius 1 is 1.46 bits per heavy atom. The highest BCUT2D eigenvalue weighted by Gasteiger charge is 2.39. The highest BCUT2D eigenvalue weighted by molar-refractivity contribution is 14.1. The highest BCUT2D eigenvalue weighted by atomic mass is 127. The number of nitrogens with two attached hydrogens (primary N) is 1. The lowest BCUT2D eigenvalue weighted by Crippen LogP contribution is -2.26. The Balaban J connectivity index is 2.74. The van der Waals surface area contributed by atoms with Crippen LogP contribution in [0.1, 0.15) is 30.9 Å². The van der Waals surface area contributed by atoms with Gasteiger partial charge in [-0.2, -0.15) is 18.4 Å². The minimum atomic E-state index is -4.57. The molecule has 0 saturated heterocycles. The van der Waals surface area contributed by atoms with E-state index in [4.69, 9.17) is 15.2 Å². The van der Waals surface area contributed by atoms with Crippen molar-refractivity contribution < 1.29 is 27.4 Å². The van der Waals surface area contributed by atoms with Gasteiger partial charge in [0.2, 0.25) is 5.88 Å². The maximum absolute atomic E-state index is 13.1. The molecule has 0 fully saturated rings. The van der Waals surface area contributed by atoms with Crippen molar-refractivity contribution in [3.63, 3.8) is 0 Å².